The molecule has 0 spiro atoms. The molecule has 0 aliphatic heterocycles. The Balaban J connectivity index is 1.87. The van der Waals surface area contributed by atoms with Gasteiger partial charge in [-0.2, -0.15) is 9.78 Å². The first-order valence-electron chi connectivity index (χ1n) is 8.84. The Morgan fingerprint density at radius 3 is 2.76 bits per heavy atom. The van der Waals surface area contributed by atoms with E-state index in [0.29, 0.717) is 11.1 Å². The maximum atomic E-state index is 13.0. The molecule has 2 heterocycles. The van der Waals surface area contributed by atoms with Gasteiger partial charge in [-0.1, -0.05) is 31.4 Å². The lowest BCUT2D eigenvalue weighted by molar-refractivity contribution is 0.416. The Labute approximate surface area is 146 Å². The molecule has 0 atom stereocenters. The van der Waals surface area contributed by atoms with Crippen molar-refractivity contribution in [1.82, 2.24) is 9.66 Å². The molecule has 4 rings (SSSR count). The molecule has 128 valence electrons. The fourth-order valence-corrected chi connectivity index (χ4v) is 3.50. The Hall–Kier alpha value is -2.69. The molecule has 25 heavy (non-hydrogen) atoms. The molecule has 1 aliphatic rings. The minimum Gasteiger partial charge on any atom is -0.463 e. The minimum absolute atomic E-state index is 0.119. The highest BCUT2D eigenvalue weighted by atomic mass is 16.3. The van der Waals surface area contributed by atoms with E-state index in [0.717, 1.165) is 29.7 Å². The van der Waals surface area contributed by atoms with Crippen LogP contribution in [-0.2, 0) is 0 Å². The Morgan fingerprint density at radius 1 is 1.20 bits per heavy atom. The van der Waals surface area contributed by atoms with Crippen molar-refractivity contribution in [1.29, 1.82) is 0 Å². The van der Waals surface area contributed by atoms with Crippen LogP contribution in [0.1, 0.15) is 55.2 Å². The monoisotopic (exact) mass is 335 g/mol. The van der Waals surface area contributed by atoms with Gasteiger partial charge in [0.2, 0.25) is 0 Å². The zero-order valence-electron chi connectivity index (χ0n) is 14.3. The highest BCUT2D eigenvalue weighted by molar-refractivity contribution is 5.79. The van der Waals surface area contributed by atoms with Crippen molar-refractivity contribution in [3.8, 4) is 0 Å². The summed E-state index contributed by atoms with van der Waals surface area (Å²) in [6.07, 6.45) is 8.95. The van der Waals surface area contributed by atoms with Gasteiger partial charge in [0, 0.05) is 5.92 Å². The fourth-order valence-electron chi connectivity index (χ4n) is 3.50. The van der Waals surface area contributed by atoms with E-state index in [1.807, 2.05) is 31.2 Å². The molecular weight excluding hydrogens is 314 g/mol. The number of benzene rings is 1. The SMILES string of the molecule is Cc1ccoc1C=Nn1c(C2CCCCC2)nc2ccccc2c1=O. The van der Waals surface area contributed by atoms with Gasteiger partial charge in [-0.05, 0) is 43.5 Å². The van der Waals surface area contributed by atoms with Gasteiger partial charge in [-0.3, -0.25) is 4.79 Å². The van der Waals surface area contributed by atoms with E-state index in [-0.39, 0.29) is 11.5 Å². The standard InChI is InChI=1S/C20H21N3O2/c1-14-11-12-25-18(14)13-21-23-19(15-7-3-2-4-8-15)22-17-10-6-5-9-16(17)20(23)24/h5-6,9-13,15H,2-4,7-8H2,1H3. The summed E-state index contributed by atoms with van der Waals surface area (Å²) in [5.74, 6) is 1.71. The lowest BCUT2D eigenvalue weighted by Gasteiger charge is -2.22. The molecule has 0 bridgehead atoms. The Kier molecular flexibility index (Phi) is 4.22. The third-order valence-electron chi connectivity index (χ3n) is 4.94. The van der Waals surface area contributed by atoms with Crippen molar-refractivity contribution in [3.05, 3.63) is 64.1 Å². The molecule has 1 saturated carbocycles. The van der Waals surface area contributed by atoms with Crippen molar-refractivity contribution in [2.45, 2.75) is 44.9 Å². The van der Waals surface area contributed by atoms with E-state index in [9.17, 15) is 4.79 Å². The number of aryl methyl sites for hydroxylation is 1. The summed E-state index contributed by atoms with van der Waals surface area (Å²) in [6.45, 7) is 1.95. The third kappa shape index (κ3) is 3.02. The lowest BCUT2D eigenvalue weighted by Crippen LogP contribution is -2.25. The van der Waals surface area contributed by atoms with Crippen LogP contribution >= 0.6 is 0 Å². The number of furan rings is 1. The first kappa shape index (κ1) is 15.8. The minimum atomic E-state index is -0.119. The van der Waals surface area contributed by atoms with Gasteiger partial charge >= 0.3 is 0 Å². The molecule has 3 aromatic rings. The van der Waals surface area contributed by atoms with Crippen molar-refractivity contribution in [2.75, 3.05) is 0 Å². The number of fused-ring (bicyclic) bond motifs is 1. The second-order valence-corrected chi connectivity index (χ2v) is 6.65. The number of rotatable bonds is 3. The zero-order chi connectivity index (χ0) is 17.2. The fraction of sp³-hybridized carbons (Fsp3) is 0.350. The average molecular weight is 335 g/mol. The summed E-state index contributed by atoms with van der Waals surface area (Å²) in [5, 5.41) is 5.05. The number of aromatic nitrogens is 2. The molecule has 0 unspecified atom stereocenters. The molecule has 0 amide bonds. The molecule has 2 aromatic heterocycles. The van der Waals surface area contributed by atoms with Crippen LogP contribution in [0.5, 0.6) is 0 Å². The van der Waals surface area contributed by atoms with Gasteiger partial charge in [0.25, 0.3) is 5.56 Å². The van der Waals surface area contributed by atoms with E-state index in [1.54, 1.807) is 18.5 Å². The summed E-state index contributed by atoms with van der Waals surface area (Å²) in [6, 6.07) is 9.35. The lowest BCUT2D eigenvalue weighted by atomic mass is 9.88. The van der Waals surface area contributed by atoms with Crippen molar-refractivity contribution < 1.29 is 4.42 Å². The summed E-state index contributed by atoms with van der Waals surface area (Å²) in [7, 11) is 0. The molecule has 5 nitrogen and oxygen atoms in total. The van der Waals surface area contributed by atoms with Crippen LogP contribution in [0, 0.1) is 6.92 Å². The van der Waals surface area contributed by atoms with E-state index in [4.69, 9.17) is 9.40 Å². The second-order valence-electron chi connectivity index (χ2n) is 6.65. The maximum Gasteiger partial charge on any atom is 0.282 e. The van der Waals surface area contributed by atoms with Gasteiger partial charge in [-0.25, -0.2) is 4.98 Å². The first-order valence-corrected chi connectivity index (χ1v) is 8.84. The molecular formula is C20H21N3O2. The van der Waals surface area contributed by atoms with Crippen molar-refractivity contribution in [3.63, 3.8) is 0 Å². The molecule has 0 radical (unpaired) electrons. The first-order chi connectivity index (χ1) is 12.2. The van der Waals surface area contributed by atoms with Crippen molar-refractivity contribution >= 4 is 17.1 Å². The summed E-state index contributed by atoms with van der Waals surface area (Å²) in [4.78, 5) is 17.8. The maximum absolute atomic E-state index is 13.0. The normalized spacial score (nSPS) is 16.0. The molecule has 1 aromatic carbocycles. The predicted molar refractivity (Wildman–Crippen MR) is 98.3 cm³/mol. The topological polar surface area (TPSA) is 60.4 Å². The summed E-state index contributed by atoms with van der Waals surface area (Å²) in [5.41, 5.74) is 1.62. The largest absolute Gasteiger partial charge is 0.463 e. The van der Waals surface area contributed by atoms with Crippen LogP contribution in [0.2, 0.25) is 0 Å². The van der Waals surface area contributed by atoms with Gasteiger partial charge in [0.05, 0.1) is 23.4 Å². The van der Waals surface area contributed by atoms with Gasteiger partial charge in [0.15, 0.2) is 0 Å². The molecule has 5 heteroatoms. The molecule has 1 fully saturated rings. The summed E-state index contributed by atoms with van der Waals surface area (Å²) >= 11 is 0. The number of nitrogens with zero attached hydrogens (tertiary/aromatic N) is 3. The van der Waals surface area contributed by atoms with Crippen molar-refractivity contribution in [2.24, 2.45) is 5.10 Å². The van der Waals surface area contributed by atoms with Gasteiger partial charge in [0.1, 0.15) is 11.6 Å². The number of hydrogen-bond donors (Lipinski definition) is 0. The van der Waals surface area contributed by atoms with E-state index < -0.39 is 0 Å². The van der Waals surface area contributed by atoms with Crippen LogP contribution < -0.4 is 5.56 Å². The van der Waals surface area contributed by atoms with E-state index in [1.165, 1.54) is 23.9 Å². The van der Waals surface area contributed by atoms with Gasteiger partial charge in [-0.15, -0.1) is 0 Å². The second kappa shape index (κ2) is 6.67. The van der Waals surface area contributed by atoms with Crippen LogP contribution in [0.25, 0.3) is 10.9 Å². The van der Waals surface area contributed by atoms with Crippen LogP contribution in [0.15, 0.2) is 50.9 Å². The van der Waals surface area contributed by atoms with E-state index >= 15 is 0 Å². The average Bonchev–Trinajstić information content (AvgIpc) is 3.06. The van der Waals surface area contributed by atoms with Gasteiger partial charge < -0.3 is 4.42 Å². The number of hydrogen-bond acceptors (Lipinski definition) is 4. The molecule has 0 N–H and O–H groups in total. The smallest absolute Gasteiger partial charge is 0.282 e. The zero-order valence-corrected chi connectivity index (χ0v) is 14.3. The van der Waals surface area contributed by atoms with Crippen LogP contribution in [0.4, 0.5) is 0 Å². The highest BCUT2D eigenvalue weighted by Crippen LogP contribution is 2.31. The molecule has 1 aliphatic carbocycles. The number of para-hydroxylation sites is 1. The van der Waals surface area contributed by atoms with Crippen LogP contribution in [-0.4, -0.2) is 15.9 Å². The Morgan fingerprint density at radius 2 is 2.00 bits per heavy atom. The Bertz CT molecular complexity index is 978. The summed E-state index contributed by atoms with van der Waals surface area (Å²) < 4.78 is 6.89. The molecule has 0 saturated heterocycles. The highest BCUT2D eigenvalue weighted by Gasteiger charge is 2.22. The van der Waals surface area contributed by atoms with E-state index in [2.05, 4.69) is 5.10 Å². The van der Waals surface area contributed by atoms with Crippen LogP contribution in [0.3, 0.4) is 0 Å². The predicted octanol–water partition coefficient (Wildman–Crippen LogP) is 4.23. The quantitative estimate of drug-likeness (QED) is 0.673. The third-order valence-corrected chi connectivity index (χ3v) is 4.94.